The van der Waals surface area contributed by atoms with Crippen LogP contribution >= 0.6 is 0 Å². The molecular weight excluding hydrogens is 324 g/mol. The van der Waals surface area contributed by atoms with Gasteiger partial charge in [0.25, 0.3) is 5.56 Å². The van der Waals surface area contributed by atoms with Crippen molar-refractivity contribution in [3.05, 3.63) is 70.9 Å². The van der Waals surface area contributed by atoms with Crippen molar-refractivity contribution in [1.82, 2.24) is 14.8 Å². The summed E-state index contributed by atoms with van der Waals surface area (Å²) in [4.78, 5) is 12.5. The van der Waals surface area contributed by atoms with Gasteiger partial charge in [0.2, 0.25) is 0 Å². The summed E-state index contributed by atoms with van der Waals surface area (Å²) < 4.78 is 1.64. The van der Waals surface area contributed by atoms with Crippen LogP contribution in [-0.2, 0) is 7.05 Å². The molecule has 0 amide bonds. The van der Waals surface area contributed by atoms with Crippen molar-refractivity contribution < 1.29 is 0 Å². The number of benzene rings is 1. The molecule has 26 heavy (non-hydrogen) atoms. The number of rotatable bonds is 4. The second-order valence-corrected chi connectivity index (χ2v) is 7.15. The van der Waals surface area contributed by atoms with Gasteiger partial charge in [0, 0.05) is 36.6 Å². The summed E-state index contributed by atoms with van der Waals surface area (Å²) in [5, 5.41) is 10.3. The number of hydrogen-bond acceptors (Lipinski definition) is 3. The van der Waals surface area contributed by atoms with E-state index in [0.29, 0.717) is 17.6 Å². The Morgan fingerprint density at radius 3 is 2.58 bits per heavy atom. The third kappa shape index (κ3) is 3.43. The summed E-state index contributed by atoms with van der Waals surface area (Å²) in [6, 6.07) is 13.0. The van der Waals surface area contributed by atoms with Crippen molar-refractivity contribution in [1.29, 1.82) is 0 Å². The van der Waals surface area contributed by atoms with Crippen LogP contribution in [0.4, 0.5) is 5.69 Å². The molecule has 2 aromatic heterocycles. The van der Waals surface area contributed by atoms with Gasteiger partial charge in [-0.3, -0.25) is 9.89 Å². The highest BCUT2D eigenvalue weighted by atomic mass is 16.1. The number of hydrogen-bond donors (Lipinski definition) is 2. The van der Waals surface area contributed by atoms with Gasteiger partial charge < -0.3 is 9.88 Å². The lowest BCUT2D eigenvalue weighted by atomic mass is 9.82. The molecule has 1 fully saturated rings. The zero-order valence-corrected chi connectivity index (χ0v) is 15.0. The van der Waals surface area contributed by atoms with E-state index in [1.807, 2.05) is 18.5 Å². The molecule has 0 unspecified atom stereocenters. The summed E-state index contributed by atoms with van der Waals surface area (Å²) in [7, 11) is 1.80. The maximum Gasteiger partial charge on any atom is 0.273 e. The Hall–Kier alpha value is -2.82. The van der Waals surface area contributed by atoms with Gasteiger partial charge in [-0.2, -0.15) is 5.10 Å². The first-order valence-electron chi connectivity index (χ1n) is 9.22. The predicted octanol–water partition coefficient (Wildman–Crippen LogP) is 3.91. The third-order valence-electron chi connectivity index (χ3n) is 5.37. The minimum atomic E-state index is 0.0161. The van der Waals surface area contributed by atoms with Crippen LogP contribution in [-0.4, -0.2) is 20.8 Å². The molecule has 1 aliphatic carbocycles. The van der Waals surface area contributed by atoms with E-state index in [0.717, 1.165) is 36.8 Å². The molecule has 1 saturated carbocycles. The van der Waals surface area contributed by atoms with Gasteiger partial charge in [-0.1, -0.05) is 30.3 Å². The van der Waals surface area contributed by atoms with Crippen LogP contribution in [0.25, 0.3) is 11.1 Å². The topological polar surface area (TPSA) is 62.7 Å². The standard InChI is InChI=1S/C21H24N4O/c1-25-14-17(18-12-22-23-13-18)11-20(21(25)26)24-19-9-7-16(8-10-19)15-5-3-2-4-6-15/h2-6,11-14,16,19,24H,7-10H2,1H3,(H,22,23). The van der Waals surface area contributed by atoms with Crippen molar-refractivity contribution >= 4 is 5.69 Å². The molecule has 0 atom stereocenters. The van der Waals surface area contributed by atoms with Crippen molar-refractivity contribution in [2.45, 2.75) is 37.6 Å². The molecule has 5 heteroatoms. The molecular formula is C21H24N4O. The van der Waals surface area contributed by atoms with Crippen molar-refractivity contribution in [2.75, 3.05) is 5.32 Å². The van der Waals surface area contributed by atoms with Crippen molar-refractivity contribution in [2.24, 2.45) is 7.05 Å². The van der Waals surface area contributed by atoms with E-state index in [-0.39, 0.29) is 5.56 Å². The molecule has 0 saturated heterocycles. The molecule has 5 nitrogen and oxygen atoms in total. The Morgan fingerprint density at radius 1 is 1.12 bits per heavy atom. The van der Waals surface area contributed by atoms with Gasteiger partial charge in [-0.05, 0) is 43.2 Å². The molecule has 134 valence electrons. The molecule has 0 spiro atoms. The molecule has 0 aliphatic heterocycles. The minimum absolute atomic E-state index is 0.0161. The molecule has 1 aliphatic rings. The normalized spacial score (nSPS) is 20.0. The number of aromatic amines is 1. The molecule has 3 aromatic rings. The zero-order valence-electron chi connectivity index (χ0n) is 15.0. The maximum absolute atomic E-state index is 12.5. The smallest absolute Gasteiger partial charge is 0.273 e. The van der Waals surface area contributed by atoms with E-state index in [1.165, 1.54) is 5.56 Å². The number of aryl methyl sites for hydroxylation is 1. The van der Waals surface area contributed by atoms with Gasteiger partial charge >= 0.3 is 0 Å². The number of pyridine rings is 1. The zero-order chi connectivity index (χ0) is 17.9. The van der Waals surface area contributed by atoms with Crippen LogP contribution in [0.3, 0.4) is 0 Å². The lowest BCUT2D eigenvalue weighted by Gasteiger charge is -2.30. The number of anilines is 1. The molecule has 0 radical (unpaired) electrons. The Labute approximate surface area is 153 Å². The maximum atomic E-state index is 12.5. The average Bonchev–Trinajstić information content (AvgIpc) is 3.21. The van der Waals surface area contributed by atoms with Gasteiger partial charge in [-0.25, -0.2) is 0 Å². The second kappa shape index (κ2) is 7.20. The van der Waals surface area contributed by atoms with Crippen LogP contribution < -0.4 is 10.9 Å². The van der Waals surface area contributed by atoms with Crippen LogP contribution in [0.1, 0.15) is 37.2 Å². The summed E-state index contributed by atoms with van der Waals surface area (Å²) >= 11 is 0. The van der Waals surface area contributed by atoms with Gasteiger partial charge in [0.1, 0.15) is 5.69 Å². The molecule has 0 bridgehead atoms. The molecule has 1 aromatic carbocycles. The van der Waals surface area contributed by atoms with E-state index in [2.05, 4.69) is 45.8 Å². The number of nitrogens with zero attached hydrogens (tertiary/aromatic N) is 2. The minimum Gasteiger partial charge on any atom is -0.378 e. The highest BCUT2D eigenvalue weighted by Crippen LogP contribution is 2.33. The summed E-state index contributed by atoms with van der Waals surface area (Å²) in [5.74, 6) is 0.634. The summed E-state index contributed by atoms with van der Waals surface area (Å²) in [6.07, 6.45) is 9.94. The van der Waals surface area contributed by atoms with Gasteiger partial charge in [-0.15, -0.1) is 0 Å². The van der Waals surface area contributed by atoms with E-state index in [1.54, 1.807) is 17.8 Å². The Kier molecular flexibility index (Phi) is 4.61. The second-order valence-electron chi connectivity index (χ2n) is 7.15. The fraction of sp³-hybridized carbons (Fsp3) is 0.333. The highest BCUT2D eigenvalue weighted by Gasteiger charge is 2.23. The van der Waals surface area contributed by atoms with E-state index < -0.39 is 0 Å². The van der Waals surface area contributed by atoms with Crippen LogP contribution in [0.15, 0.2) is 59.8 Å². The lowest BCUT2D eigenvalue weighted by Crippen LogP contribution is -2.30. The van der Waals surface area contributed by atoms with Gasteiger partial charge in [0.15, 0.2) is 0 Å². The van der Waals surface area contributed by atoms with Crippen LogP contribution in [0, 0.1) is 0 Å². The first kappa shape index (κ1) is 16.6. The monoisotopic (exact) mass is 348 g/mol. The summed E-state index contributed by atoms with van der Waals surface area (Å²) in [5.41, 5.74) is 4.10. The number of H-pyrrole nitrogens is 1. The van der Waals surface area contributed by atoms with E-state index in [4.69, 9.17) is 0 Å². The SMILES string of the molecule is Cn1cc(-c2cn[nH]c2)cc(NC2CCC(c3ccccc3)CC2)c1=O. The lowest BCUT2D eigenvalue weighted by molar-refractivity contribution is 0.412. The summed E-state index contributed by atoms with van der Waals surface area (Å²) in [6.45, 7) is 0. The van der Waals surface area contributed by atoms with Crippen molar-refractivity contribution in [3.8, 4) is 11.1 Å². The average molecular weight is 348 g/mol. The fourth-order valence-corrected chi connectivity index (χ4v) is 3.90. The highest BCUT2D eigenvalue weighted by molar-refractivity contribution is 5.65. The largest absolute Gasteiger partial charge is 0.378 e. The van der Waals surface area contributed by atoms with E-state index in [9.17, 15) is 4.79 Å². The fourth-order valence-electron chi connectivity index (χ4n) is 3.90. The first-order chi connectivity index (χ1) is 12.7. The quantitative estimate of drug-likeness (QED) is 0.751. The Bertz CT molecular complexity index is 907. The Morgan fingerprint density at radius 2 is 1.88 bits per heavy atom. The predicted molar refractivity (Wildman–Crippen MR) is 104 cm³/mol. The first-order valence-corrected chi connectivity index (χ1v) is 9.22. The van der Waals surface area contributed by atoms with E-state index >= 15 is 0 Å². The number of aromatic nitrogens is 3. The van der Waals surface area contributed by atoms with Crippen LogP contribution in [0.5, 0.6) is 0 Å². The van der Waals surface area contributed by atoms with Crippen LogP contribution in [0.2, 0.25) is 0 Å². The molecule has 4 rings (SSSR count). The Balaban J connectivity index is 1.47. The molecule has 2 heterocycles. The van der Waals surface area contributed by atoms with Gasteiger partial charge in [0.05, 0.1) is 6.20 Å². The molecule has 2 N–H and O–H groups in total. The third-order valence-corrected chi connectivity index (χ3v) is 5.37. The van der Waals surface area contributed by atoms with Crippen molar-refractivity contribution in [3.63, 3.8) is 0 Å². The number of nitrogens with one attached hydrogen (secondary N) is 2.